The number of hydrogen-bond donors (Lipinski definition) is 0. The predicted molar refractivity (Wildman–Crippen MR) is 58.6 cm³/mol. The SMILES string of the molecule is CCC=CC=CC=COCCCC. The molecule has 13 heavy (non-hydrogen) atoms. The number of rotatable bonds is 7. The maximum absolute atomic E-state index is 5.22. The smallest absolute Gasteiger partial charge is 0.0873 e. The minimum absolute atomic E-state index is 0.825. The van der Waals surface area contributed by atoms with Crippen LogP contribution >= 0.6 is 0 Å². The highest BCUT2D eigenvalue weighted by Crippen LogP contribution is 1.89. The highest BCUT2D eigenvalue weighted by Gasteiger charge is 1.78. The summed E-state index contributed by atoms with van der Waals surface area (Å²) in [6.07, 6.45) is 15.2. The van der Waals surface area contributed by atoms with E-state index in [2.05, 4.69) is 19.9 Å². The van der Waals surface area contributed by atoms with Gasteiger partial charge in [-0.2, -0.15) is 0 Å². The Bertz CT molecular complexity index is 166. The lowest BCUT2D eigenvalue weighted by Gasteiger charge is -1.95. The average molecular weight is 180 g/mol. The van der Waals surface area contributed by atoms with Gasteiger partial charge in [0.1, 0.15) is 0 Å². The third kappa shape index (κ3) is 11.0. The van der Waals surface area contributed by atoms with Crippen molar-refractivity contribution < 1.29 is 4.74 Å². The summed E-state index contributed by atoms with van der Waals surface area (Å²) in [6.45, 7) is 5.10. The van der Waals surface area contributed by atoms with Crippen molar-refractivity contribution >= 4 is 0 Å². The van der Waals surface area contributed by atoms with Gasteiger partial charge in [-0.05, 0) is 18.9 Å². The Morgan fingerprint density at radius 2 is 1.77 bits per heavy atom. The zero-order chi connectivity index (χ0) is 9.78. The molecule has 0 radical (unpaired) electrons. The first-order valence-electron chi connectivity index (χ1n) is 5.01. The molecule has 0 aromatic heterocycles. The fourth-order valence-corrected chi connectivity index (χ4v) is 0.740. The van der Waals surface area contributed by atoms with Gasteiger partial charge in [-0.1, -0.05) is 44.6 Å². The lowest BCUT2D eigenvalue weighted by Crippen LogP contribution is -1.84. The average Bonchev–Trinajstić information content (AvgIpc) is 2.16. The van der Waals surface area contributed by atoms with E-state index in [1.807, 2.05) is 24.3 Å². The molecular formula is C12H20O. The van der Waals surface area contributed by atoms with Crippen LogP contribution in [0.2, 0.25) is 0 Å². The van der Waals surface area contributed by atoms with Gasteiger partial charge in [-0.3, -0.25) is 0 Å². The molecule has 0 saturated carbocycles. The maximum Gasteiger partial charge on any atom is 0.0873 e. The molecule has 0 heterocycles. The van der Waals surface area contributed by atoms with Crippen molar-refractivity contribution in [3.8, 4) is 0 Å². The maximum atomic E-state index is 5.22. The van der Waals surface area contributed by atoms with Crippen molar-refractivity contribution in [3.63, 3.8) is 0 Å². The van der Waals surface area contributed by atoms with Gasteiger partial charge >= 0.3 is 0 Å². The van der Waals surface area contributed by atoms with Crippen LogP contribution in [-0.4, -0.2) is 6.61 Å². The van der Waals surface area contributed by atoms with Crippen LogP contribution in [0.3, 0.4) is 0 Å². The summed E-state index contributed by atoms with van der Waals surface area (Å²) in [5.41, 5.74) is 0. The number of ether oxygens (including phenoxy) is 1. The van der Waals surface area contributed by atoms with Gasteiger partial charge in [0.05, 0.1) is 12.9 Å². The molecule has 0 atom stereocenters. The third-order valence-electron chi connectivity index (χ3n) is 1.50. The molecule has 0 bridgehead atoms. The topological polar surface area (TPSA) is 9.23 Å². The van der Waals surface area contributed by atoms with Crippen LogP contribution < -0.4 is 0 Å². The molecule has 1 heteroatoms. The fourth-order valence-electron chi connectivity index (χ4n) is 0.740. The first-order valence-corrected chi connectivity index (χ1v) is 5.01. The van der Waals surface area contributed by atoms with Crippen LogP contribution in [0.5, 0.6) is 0 Å². The molecule has 1 nitrogen and oxygen atoms in total. The summed E-state index contributed by atoms with van der Waals surface area (Å²) >= 11 is 0. The Morgan fingerprint density at radius 1 is 1.00 bits per heavy atom. The Kier molecular flexibility index (Phi) is 10.2. The highest BCUT2D eigenvalue weighted by atomic mass is 16.5. The van der Waals surface area contributed by atoms with E-state index in [1.165, 1.54) is 6.42 Å². The summed E-state index contributed by atoms with van der Waals surface area (Å²) < 4.78 is 5.22. The van der Waals surface area contributed by atoms with Crippen molar-refractivity contribution in [3.05, 3.63) is 36.6 Å². The van der Waals surface area contributed by atoms with Crippen LogP contribution in [0, 0.1) is 0 Å². The molecule has 0 fully saturated rings. The van der Waals surface area contributed by atoms with E-state index < -0.39 is 0 Å². The number of hydrogen-bond acceptors (Lipinski definition) is 1. The third-order valence-corrected chi connectivity index (χ3v) is 1.50. The van der Waals surface area contributed by atoms with E-state index in [0.29, 0.717) is 0 Å². The van der Waals surface area contributed by atoms with Crippen molar-refractivity contribution in [1.82, 2.24) is 0 Å². The first kappa shape index (κ1) is 12.0. The quantitative estimate of drug-likeness (QED) is 0.328. The molecule has 0 aliphatic carbocycles. The van der Waals surface area contributed by atoms with Crippen LogP contribution in [0.1, 0.15) is 33.1 Å². The number of unbranched alkanes of at least 4 members (excludes halogenated alkanes) is 1. The standard InChI is InChI=1S/C12H20O/c1-3-5-7-8-9-10-12-13-11-6-4-2/h5,7-10,12H,3-4,6,11H2,1-2H3. The van der Waals surface area contributed by atoms with E-state index in [9.17, 15) is 0 Å². The van der Waals surface area contributed by atoms with Gasteiger partial charge in [0.2, 0.25) is 0 Å². The molecule has 0 unspecified atom stereocenters. The van der Waals surface area contributed by atoms with Crippen molar-refractivity contribution in [2.24, 2.45) is 0 Å². The van der Waals surface area contributed by atoms with E-state index in [0.717, 1.165) is 19.4 Å². The molecule has 0 aromatic rings. The molecule has 0 aliphatic heterocycles. The van der Waals surface area contributed by atoms with Crippen LogP contribution in [0.15, 0.2) is 36.6 Å². The second kappa shape index (κ2) is 11.0. The molecule has 74 valence electrons. The summed E-state index contributed by atoms with van der Waals surface area (Å²) in [6, 6.07) is 0. The normalized spacial score (nSPS) is 12.2. The van der Waals surface area contributed by atoms with E-state index >= 15 is 0 Å². The highest BCUT2D eigenvalue weighted by molar-refractivity contribution is 5.09. The van der Waals surface area contributed by atoms with E-state index in [1.54, 1.807) is 6.26 Å². The van der Waals surface area contributed by atoms with Crippen LogP contribution in [-0.2, 0) is 4.74 Å². The lowest BCUT2D eigenvalue weighted by molar-refractivity contribution is 0.244. The van der Waals surface area contributed by atoms with Gasteiger partial charge in [0.15, 0.2) is 0 Å². The zero-order valence-electron chi connectivity index (χ0n) is 8.70. The van der Waals surface area contributed by atoms with Crippen LogP contribution in [0.25, 0.3) is 0 Å². The van der Waals surface area contributed by atoms with E-state index in [4.69, 9.17) is 4.74 Å². The molecule has 0 N–H and O–H groups in total. The minimum Gasteiger partial charge on any atom is -0.501 e. The molecule has 0 spiro atoms. The van der Waals surface area contributed by atoms with Crippen molar-refractivity contribution in [2.75, 3.05) is 6.61 Å². The van der Waals surface area contributed by atoms with Crippen molar-refractivity contribution in [1.29, 1.82) is 0 Å². The zero-order valence-corrected chi connectivity index (χ0v) is 8.70. The Balaban J connectivity index is 3.29. The predicted octanol–water partition coefficient (Wildman–Crippen LogP) is 3.84. The molecule has 0 amide bonds. The Hall–Kier alpha value is -0.980. The van der Waals surface area contributed by atoms with E-state index in [-0.39, 0.29) is 0 Å². The second-order valence-electron chi connectivity index (χ2n) is 2.77. The lowest BCUT2D eigenvalue weighted by atomic mass is 10.4. The molecule has 0 aliphatic rings. The minimum atomic E-state index is 0.825. The Labute approximate surface area is 81.8 Å². The molecule has 0 saturated heterocycles. The van der Waals surface area contributed by atoms with Gasteiger partial charge < -0.3 is 4.74 Å². The summed E-state index contributed by atoms with van der Waals surface area (Å²) in [5.74, 6) is 0. The number of allylic oxidation sites excluding steroid dienone is 5. The fraction of sp³-hybridized carbons (Fsp3) is 0.500. The summed E-state index contributed by atoms with van der Waals surface area (Å²) in [4.78, 5) is 0. The first-order chi connectivity index (χ1) is 6.41. The van der Waals surface area contributed by atoms with Gasteiger partial charge in [0.25, 0.3) is 0 Å². The van der Waals surface area contributed by atoms with Gasteiger partial charge in [0, 0.05) is 0 Å². The molecule has 0 rings (SSSR count). The van der Waals surface area contributed by atoms with Gasteiger partial charge in [-0.15, -0.1) is 0 Å². The van der Waals surface area contributed by atoms with Crippen molar-refractivity contribution in [2.45, 2.75) is 33.1 Å². The summed E-state index contributed by atoms with van der Waals surface area (Å²) in [7, 11) is 0. The largest absolute Gasteiger partial charge is 0.501 e. The monoisotopic (exact) mass is 180 g/mol. The van der Waals surface area contributed by atoms with Crippen LogP contribution in [0.4, 0.5) is 0 Å². The van der Waals surface area contributed by atoms with Gasteiger partial charge in [-0.25, -0.2) is 0 Å². The second-order valence-corrected chi connectivity index (χ2v) is 2.77. The Morgan fingerprint density at radius 3 is 2.46 bits per heavy atom. The molecule has 0 aromatic carbocycles. The molecular weight excluding hydrogens is 160 g/mol. The summed E-state index contributed by atoms with van der Waals surface area (Å²) in [5, 5.41) is 0.